The molecule has 1 aromatic carbocycles. The van der Waals surface area contributed by atoms with E-state index in [-0.39, 0.29) is 11.7 Å². The van der Waals surface area contributed by atoms with Crippen LogP contribution in [0.5, 0.6) is 0 Å². The van der Waals surface area contributed by atoms with Gasteiger partial charge in [-0.15, -0.1) is 0 Å². The minimum atomic E-state index is -1.14. The van der Waals surface area contributed by atoms with Gasteiger partial charge in [-0.3, -0.25) is 0 Å². The van der Waals surface area contributed by atoms with E-state index in [1.165, 1.54) is 19.3 Å². The predicted octanol–water partition coefficient (Wildman–Crippen LogP) is 4.48. The lowest BCUT2D eigenvalue weighted by Crippen LogP contribution is -2.28. The van der Waals surface area contributed by atoms with E-state index in [2.05, 4.69) is 5.32 Å². The van der Waals surface area contributed by atoms with Crippen molar-refractivity contribution < 1.29 is 13.2 Å². The van der Waals surface area contributed by atoms with Gasteiger partial charge in [0, 0.05) is 18.2 Å². The molecule has 2 aliphatic carbocycles. The molecule has 0 aliphatic heterocycles. The van der Waals surface area contributed by atoms with Crippen molar-refractivity contribution in [1.82, 2.24) is 0 Å². The second-order valence-electron chi connectivity index (χ2n) is 5.85. The molecule has 3 rings (SSSR count). The molecule has 2 atom stereocenters. The Hall–Kier alpha value is -1.19. The van der Waals surface area contributed by atoms with Crippen LogP contribution in [0.1, 0.15) is 38.5 Å². The zero-order chi connectivity index (χ0) is 13.4. The van der Waals surface area contributed by atoms with Gasteiger partial charge in [0.2, 0.25) is 0 Å². The number of hydrogen-bond donors (Lipinski definition) is 1. The second-order valence-corrected chi connectivity index (χ2v) is 5.85. The zero-order valence-corrected chi connectivity index (χ0v) is 10.8. The summed E-state index contributed by atoms with van der Waals surface area (Å²) in [7, 11) is 0. The maximum absolute atomic E-state index is 13.6. The maximum Gasteiger partial charge on any atom is 0.161 e. The lowest BCUT2D eigenvalue weighted by molar-refractivity contribution is 0.302. The number of anilines is 1. The first-order valence-corrected chi connectivity index (χ1v) is 7.04. The summed E-state index contributed by atoms with van der Waals surface area (Å²) in [4.78, 5) is 0. The molecule has 4 heteroatoms. The molecule has 0 aromatic heterocycles. The van der Waals surface area contributed by atoms with E-state index >= 15 is 0 Å². The number of hydrogen-bond acceptors (Lipinski definition) is 1. The van der Waals surface area contributed by atoms with Crippen LogP contribution < -0.4 is 5.32 Å². The van der Waals surface area contributed by atoms with Crippen LogP contribution in [0.3, 0.4) is 0 Å². The van der Waals surface area contributed by atoms with Gasteiger partial charge in [-0.05, 0) is 37.5 Å². The molecule has 2 fully saturated rings. The molecule has 0 amide bonds. The smallest absolute Gasteiger partial charge is 0.161 e. The van der Waals surface area contributed by atoms with Crippen LogP contribution in [0.2, 0.25) is 0 Å². The van der Waals surface area contributed by atoms with Crippen LogP contribution in [0.25, 0.3) is 0 Å². The molecule has 19 heavy (non-hydrogen) atoms. The average Bonchev–Trinajstić information content (AvgIpc) is 3.20. The van der Waals surface area contributed by atoms with E-state index in [4.69, 9.17) is 0 Å². The summed E-state index contributed by atoms with van der Waals surface area (Å²) in [6.45, 7) is 0. The average molecular weight is 269 g/mol. The van der Waals surface area contributed by atoms with Gasteiger partial charge in [-0.1, -0.05) is 12.8 Å². The quantitative estimate of drug-likeness (QED) is 0.797. The van der Waals surface area contributed by atoms with Gasteiger partial charge < -0.3 is 5.32 Å². The number of benzene rings is 1. The van der Waals surface area contributed by atoms with Crippen LogP contribution in [-0.4, -0.2) is 6.04 Å². The van der Waals surface area contributed by atoms with Crippen molar-refractivity contribution in [2.75, 3.05) is 5.32 Å². The number of nitrogens with one attached hydrogen (secondary N) is 1. The Kier molecular flexibility index (Phi) is 3.42. The topological polar surface area (TPSA) is 12.0 Å². The van der Waals surface area contributed by atoms with Crippen molar-refractivity contribution in [1.29, 1.82) is 0 Å². The van der Waals surface area contributed by atoms with Gasteiger partial charge >= 0.3 is 0 Å². The van der Waals surface area contributed by atoms with Crippen molar-refractivity contribution in [2.45, 2.75) is 44.6 Å². The first-order valence-electron chi connectivity index (χ1n) is 7.04. The molecule has 0 saturated heterocycles. The summed E-state index contributed by atoms with van der Waals surface area (Å²) in [5.41, 5.74) is 0.0837. The summed E-state index contributed by atoms with van der Waals surface area (Å²) in [6, 6.07) is 1.71. The van der Waals surface area contributed by atoms with Gasteiger partial charge in [0.05, 0.1) is 5.69 Å². The van der Waals surface area contributed by atoms with Gasteiger partial charge in [-0.2, -0.15) is 0 Å². The lowest BCUT2D eigenvalue weighted by Gasteiger charge is -2.30. The second kappa shape index (κ2) is 5.06. The molecular weight excluding hydrogens is 251 g/mol. The van der Waals surface area contributed by atoms with Crippen molar-refractivity contribution in [3.63, 3.8) is 0 Å². The van der Waals surface area contributed by atoms with E-state index in [0.717, 1.165) is 37.2 Å². The van der Waals surface area contributed by atoms with Gasteiger partial charge in [-0.25, -0.2) is 13.2 Å². The molecule has 2 saturated carbocycles. The van der Waals surface area contributed by atoms with E-state index in [1.807, 2.05) is 0 Å². The molecule has 1 nitrogen and oxygen atoms in total. The maximum atomic E-state index is 13.6. The fourth-order valence-electron chi connectivity index (χ4n) is 3.21. The van der Waals surface area contributed by atoms with Crippen molar-refractivity contribution >= 4 is 5.69 Å². The molecule has 0 spiro atoms. The third-order valence-corrected chi connectivity index (χ3v) is 4.37. The molecule has 104 valence electrons. The molecule has 1 N–H and O–H groups in total. The highest BCUT2D eigenvalue weighted by Crippen LogP contribution is 2.44. The normalized spacial score (nSPS) is 27.3. The van der Waals surface area contributed by atoms with Gasteiger partial charge in [0.15, 0.2) is 11.6 Å². The Labute approximate surface area is 111 Å². The Morgan fingerprint density at radius 1 is 0.842 bits per heavy atom. The van der Waals surface area contributed by atoms with E-state index < -0.39 is 17.5 Å². The van der Waals surface area contributed by atoms with Crippen LogP contribution >= 0.6 is 0 Å². The monoisotopic (exact) mass is 269 g/mol. The molecule has 0 heterocycles. The highest BCUT2D eigenvalue weighted by atomic mass is 19.2. The number of halogens is 3. The minimum absolute atomic E-state index is 0.0837. The lowest BCUT2D eigenvalue weighted by atomic mass is 9.82. The number of rotatable bonds is 3. The van der Waals surface area contributed by atoms with E-state index in [0.29, 0.717) is 6.07 Å². The highest BCUT2D eigenvalue weighted by Gasteiger charge is 2.34. The summed E-state index contributed by atoms with van der Waals surface area (Å²) in [5.74, 6) is -1.28. The highest BCUT2D eigenvalue weighted by molar-refractivity contribution is 5.46. The van der Waals surface area contributed by atoms with Gasteiger partial charge in [0.25, 0.3) is 0 Å². The van der Waals surface area contributed by atoms with Crippen molar-refractivity contribution in [2.24, 2.45) is 11.8 Å². The standard InChI is InChI=1S/C15H18F3N/c16-12-7-14(18)15(8-13(12)17)19-11-3-1-2-10(6-11)9-4-5-9/h7-11,19H,1-6H2. The summed E-state index contributed by atoms with van der Waals surface area (Å²) < 4.78 is 39.6. The van der Waals surface area contributed by atoms with Gasteiger partial charge in [0.1, 0.15) is 5.82 Å². The Balaban J connectivity index is 1.68. The summed E-state index contributed by atoms with van der Waals surface area (Å²) in [6.07, 6.45) is 7.01. The molecule has 0 bridgehead atoms. The molecular formula is C15H18F3N. The molecule has 2 aliphatic rings. The molecule has 1 aromatic rings. The minimum Gasteiger partial charge on any atom is -0.380 e. The van der Waals surface area contributed by atoms with E-state index in [1.54, 1.807) is 0 Å². The Morgan fingerprint density at radius 2 is 1.58 bits per heavy atom. The fourth-order valence-corrected chi connectivity index (χ4v) is 3.21. The van der Waals surface area contributed by atoms with E-state index in [9.17, 15) is 13.2 Å². The first kappa shape index (κ1) is 12.8. The zero-order valence-electron chi connectivity index (χ0n) is 10.8. The Bertz CT molecular complexity index is 471. The predicted molar refractivity (Wildman–Crippen MR) is 68.4 cm³/mol. The van der Waals surface area contributed by atoms with Crippen molar-refractivity contribution in [3.8, 4) is 0 Å². The Morgan fingerprint density at radius 3 is 2.32 bits per heavy atom. The fraction of sp³-hybridized carbons (Fsp3) is 0.600. The van der Waals surface area contributed by atoms with Crippen LogP contribution in [0.4, 0.5) is 18.9 Å². The molecule has 2 unspecified atom stereocenters. The SMILES string of the molecule is Fc1cc(F)c(NC2CCCC(C3CC3)C2)cc1F. The van der Waals surface area contributed by atoms with Crippen LogP contribution in [0.15, 0.2) is 12.1 Å². The van der Waals surface area contributed by atoms with Crippen LogP contribution in [-0.2, 0) is 0 Å². The first-order chi connectivity index (χ1) is 9.13. The summed E-state index contributed by atoms with van der Waals surface area (Å²) >= 11 is 0. The largest absolute Gasteiger partial charge is 0.380 e. The van der Waals surface area contributed by atoms with Crippen molar-refractivity contribution in [3.05, 3.63) is 29.6 Å². The summed E-state index contributed by atoms with van der Waals surface area (Å²) in [5, 5.41) is 3.05. The molecule has 0 radical (unpaired) electrons. The third kappa shape index (κ3) is 2.88. The van der Waals surface area contributed by atoms with Crippen LogP contribution in [0, 0.1) is 29.3 Å². The third-order valence-electron chi connectivity index (χ3n) is 4.37.